The summed E-state index contributed by atoms with van der Waals surface area (Å²) in [6, 6.07) is 0.591. The minimum atomic E-state index is -0.408. The standard InChI is InChI=1S/C16H29NO/c1-14(2)12-6-9-15(3,10-12)13(14)17-11-16(18)7-4-5-8-16/h12-13,17-18H,4-11H2,1-3H3. The van der Waals surface area contributed by atoms with Gasteiger partial charge in [-0.05, 0) is 48.9 Å². The Morgan fingerprint density at radius 2 is 1.78 bits per heavy atom. The molecule has 0 amide bonds. The van der Waals surface area contributed by atoms with Crippen molar-refractivity contribution >= 4 is 0 Å². The van der Waals surface area contributed by atoms with Crippen LogP contribution in [-0.4, -0.2) is 23.3 Å². The second-order valence-corrected chi connectivity index (χ2v) is 8.16. The lowest BCUT2D eigenvalue weighted by molar-refractivity contribution is 0.0251. The maximum atomic E-state index is 10.5. The molecule has 0 spiro atoms. The fourth-order valence-electron chi connectivity index (χ4n) is 5.31. The molecule has 2 heteroatoms. The molecule has 18 heavy (non-hydrogen) atoms. The van der Waals surface area contributed by atoms with Crippen molar-refractivity contribution < 1.29 is 5.11 Å². The van der Waals surface area contributed by atoms with Crippen molar-refractivity contribution in [2.75, 3.05) is 6.54 Å². The monoisotopic (exact) mass is 251 g/mol. The average Bonchev–Trinajstić information content (AvgIpc) is 2.90. The van der Waals surface area contributed by atoms with Crippen LogP contribution in [0.3, 0.4) is 0 Å². The van der Waals surface area contributed by atoms with Gasteiger partial charge in [0.15, 0.2) is 0 Å². The molecule has 0 aromatic heterocycles. The molecule has 2 bridgehead atoms. The Morgan fingerprint density at radius 3 is 2.33 bits per heavy atom. The van der Waals surface area contributed by atoms with E-state index in [1.807, 2.05) is 0 Å². The van der Waals surface area contributed by atoms with Gasteiger partial charge in [0.1, 0.15) is 0 Å². The number of fused-ring (bicyclic) bond motifs is 2. The Hall–Kier alpha value is -0.0800. The van der Waals surface area contributed by atoms with E-state index in [2.05, 4.69) is 26.1 Å². The molecule has 0 radical (unpaired) electrons. The number of rotatable bonds is 3. The predicted octanol–water partition coefficient (Wildman–Crippen LogP) is 3.10. The van der Waals surface area contributed by atoms with Crippen molar-refractivity contribution in [1.29, 1.82) is 0 Å². The Balaban J connectivity index is 1.68. The highest BCUT2D eigenvalue weighted by Gasteiger charge is 2.59. The Labute approximate surface area is 112 Å². The summed E-state index contributed by atoms with van der Waals surface area (Å²) >= 11 is 0. The Kier molecular flexibility index (Phi) is 2.84. The molecule has 3 atom stereocenters. The van der Waals surface area contributed by atoms with Gasteiger partial charge >= 0.3 is 0 Å². The van der Waals surface area contributed by atoms with E-state index in [1.165, 1.54) is 32.1 Å². The molecule has 2 nitrogen and oxygen atoms in total. The fourth-order valence-corrected chi connectivity index (χ4v) is 5.31. The van der Waals surface area contributed by atoms with Crippen molar-refractivity contribution in [3.05, 3.63) is 0 Å². The molecule has 0 aromatic carbocycles. The highest BCUT2D eigenvalue weighted by molar-refractivity contribution is 5.12. The van der Waals surface area contributed by atoms with Gasteiger partial charge in [-0.2, -0.15) is 0 Å². The van der Waals surface area contributed by atoms with Gasteiger partial charge in [-0.25, -0.2) is 0 Å². The summed E-state index contributed by atoms with van der Waals surface area (Å²) in [7, 11) is 0. The van der Waals surface area contributed by atoms with Crippen molar-refractivity contribution in [2.45, 2.75) is 77.4 Å². The lowest BCUT2D eigenvalue weighted by Gasteiger charge is -2.44. The van der Waals surface area contributed by atoms with Gasteiger partial charge < -0.3 is 10.4 Å². The third-order valence-electron chi connectivity index (χ3n) is 6.44. The van der Waals surface area contributed by atoms with Crippen LogP contribution in [0.4, 0.5) is 0 Å². The molecule has 104 valence electrons. The first-order valence-electron chi connectivity index (χ1n) is 7.82. The highest BCUT2D eigenvalue weighted by atomic mass is 16.3. The molecule has 3 rings (SSSR count). The smallest absolute Gasteiger partial charge is 0.0771 e. The Bertz CT molecular complexity index is 327. The number of aliphatic hydroxyl groups is 1. The van der Waals surface area contributed by atoms with E-state index in [-0.39, 0.29) is 0 Å². The zero-order chi connectivity index (χ0) is 13.0. The molecular weight excluding hydrogens is 222 g/mol. The zero-order valence-corrected chi connectivity index (χ0v) is 12.3. The lowest BCUT2D eigenvalue weighted by Crippen LogP contribution is -2.54. The van der Waals surface area contributed by atoms with E-state index in [1.54, 1.807) is 0 Å². The molecule has 3 unspecified atom stereocenters. The normalized spacial score (nSPS) is 44.7. The largest absolute Gasteiger partial charge is 0.389 e. The average molecular weight is 251 g/mol. The lowest BCUT2D eigenvalue weighted by atomic mass is 9.68. The van der Waals surface area contributed by atoms with Crippen LogP contribution in [0.15, 0.2) is 0 Å². The fraction of sp³-hybridized carbons (Fsp3) is 1.00. The molecule has 0 aliphatic heterocycles. The van der Waals surface area contributed by atoms with Crippen LogP contribution in [0, 0.1) is 16.7 Å². The first-order chi connectivity index (χ1) is 8.36. The van der Waals surface area contributed by atoms with Crippen molar-refractivity contribution in [3.8, 4) is 0 Å². The summed E-state index contributed by atoms with van der Waals surface area (Å²) in [6.45, 7) is 8.12. The first kappa shape index (κ1) is 12.9. The predicted molar refractivity (Wildman–Crippen MR) is 74.4 cm³/mol. The van der Waals surface area contributed by atoms with Crippen LogP contribution in [0.5, 0.6) is 0 Å². The van der Waals surface area contributed by atoms with E-state index in [4.69, 9.17) is 0 Å². The van der Waals surface area contributed by atoms with Crippen LogP contribution in [-0.2, 0) is 0 Å². The van der Waals surface area contributed by atoms with Gasteiger partial charge in [-0.1, -0.05) is 33.6 Å². The van der Waals surface area contributed by atoms with Gasteiger partial charge in [0.05, 0.1) is 5.60 Å². The van der Waals surface area contributed by atoms with Gasteiger partial charge in [0.25, 0.3) is 0 Å². The second kappa shape index (κ2) is 3.96. The molecular formula is C16H29NO. The third-order valence-corrected chi connectivity index (χ3v) is 6.44. The van der Waals surface area contributed by atoms with Crippen LogP contribution in [0.1, 0.15) is 65.7 Å². The van der Waals surface area contributed by atoms with E-state index >= 15 is 0 Å². The van der Waals surface area contributed by atoms with Crippen LogP contribution < -0.4 is 5.32 Å². The van der Waals surface area contributed by atoms with E-state index in [0.717, 1.165) is 25.3 Å². The first-order valence-corrected chi connectivity index (χ1v) is 7.82. The maximum Gasteiger partial charge on any atom is 0.0771 e. The van der Waals surface area contributed by atoms with Crippen LogP contribution in [0.25, 0.3) is 0 Å². The van der Waals surface area contributed by atoms with Gasteiger partial charge in [-0.15, -0.1) is 0 Å². The van der Waals surface area contributed by atoms with Gasteiger partial charge in [0, 0.05) is 12.6 Å². The number of nitrogens with one attached hydrogen (secondary N) is 1. The molecule has 0 saturated heterocycles. The summed E-state index contributed by atoms with van der Waals surface area (Å²) in [5.74, 6) is 0.887. The quantitative estimate of drug-likeness (QED) is 0.808. The molecule has 3 aliphatic carbocycles. The van der Waals surface area contributed by atoms with Gasteiger partial charge in [0.2, 0.25) is 0 Å². The second-order valence-electron chi connectivity index (χ2n) is 8.16. The van der Waals surface area contributed by atoms with Crippen molar-refractivity contribution in [2.24, 2.45) is 16.7 Å². The SMILES string of the molecule is CC12CCC(C1)C(C)(C)C2NCC1(O)CCCC1. The minimum Gasteiger partial charge on any atom is -0.389 e. The maximum absolute atomic E-state index is 10.5. The van der Waals surface area contributed by atoms with Crippen molar-refractivity contribution in [3.63, 3.8) is 0 Å². The molecule has 3 saturated carbocycles. The van der Waals surface area contributed by atoms with E-state index < -0.39 is 5.60 Å². The minimum absolute atomic E-state index is 0.405. The summed E-state index contributed by atoms with van der Waals surface area (Å²) in [5, 5.41) is 14.3. The van der Waals surface area contributed by atoms with Crippen LogP contribution >= 0.6 is 0 Å². The van der Waals surface area contributed by atoms with Crippen molar-refractivity contribution in [1.82, 2.24) is 5.32 Å². The summed E-state index contributed by atoms with van der Waals surface area (Å²) in [6.07, 6.45) is 8.55. The molecule has 0 heterocycles. The summed E-state index contributed by atoms with van der Waals surface area (Å²) in [4.78, 5) is 0. The highest BCUT2D eigenvalue weighted by Crippen LogP contribution is 2.62. The zero-order valence-electron chi connectivity index (χ0n) is 12.3. The molecule has 3 fully saturated rings. The number of hydrogen-bond donors (Lipinski definition) is 2. The molecule has 2 N–H and O–H groups in total. The topological polar surface area (TPSA) is 32.3 Å². The number of hydrogen-bond acceptors (Lipinski definition) is 2. The Morgan fingerprint density at radius 1 is 1.11 bits per heavy atom. The summed E-state index contributed by atoms with van der Waals surface area (Å²) in [5.41, 5.74) is 0.472. The third kappa shape index (κ3) is 1.84. The van der Waals surface area contributed by atoms with E-state index in [0.29, 0.717) is 16.9 Å². The summed E-state index contributed by atoms with van der Waals surface area (Å²) < 4.78 is 0. The van der Waals surface area contributed by atoms with E-state index in [9.17, 15) is 5.11 Å². The van der Waals surface area contributed by atoms with Crippen LogP contribution in [0.2, 0.25) is 0 Å². The van der Waals surface area contributed by atoms with Gasteiger partial charge in [-0.3, -0.25) is 0 Å². The molecule has 3 aliphatic rings. The molecule has 0 aromatic rings.